The average Bonchev–Trinajstić information content (AvgIpc) is 2.35. The van der Waals surface area contributed by atoms with Crippen LogP contribution in [0.3, 0.4) is 0 Å². The second-order valence-corrected chi connectivity index (χ2v) is 4.29. The Morgan fingerprint density at radius 2 is 1.94 bits per heavy atom. The molecule has 0 aliphatic carbocycles. The van der Waals surface area contributed by atoms with Gasteiger partial charge in [-0.2, -0.15) is 5.26 Å². The maximum Gasteiger partial charge on any atom is 0.452 e. The molecular formula is C13H18BNO2. The summed E-state index contributed by atoms with van der Waals surface area (Å²) in [5, 5.41) is 26.8. The smallest absolute Gasteiger partial charge is 0.427 e. The number of hydrogen-bond donors (Lipinski definition) is 2. The zero-order valence-electron chi connectivity index (χ0n) is 10.1. The second-order valence-electron chi connectivity index (χ2n) is 4.29. The highest BCUT2D eigenvalue weighted by Gasteiger charge is 2.21. The third-order valence-corrected chi connectivity index (χ3v) is 3.01. The van der Waals surface area contributed by atoms with Gasteiger partial charge in [0.05, 0.1) is 6.07 Å². The molecule has 0 saturated carbocycles. The minimum absolute atomic E-state index is 0.125. The molecule has 4 heteroatoms. The SMILES string of the molecule is CCC(CC(C#N)CB(O)O)c1ccccc1. The van der Waals surface area contributed by atoms with Gasteiger partial charge in [-0.1, -0.05) is 37.3 Å². The van der Waals surface area contributed by atoms with Crippen LogP contribution in [-0.2, 0) is 0 Å². The summed E-state index contributed by atoms with van der Waals surface area (Å²) in [5.74, 6) is -0.000226. The molecule has 0 saturated heterocycles. The Labute approximate surface area is 103 Å². The Kier molecular flexibility index (Phi) is 5.75. The molecule has 0 amide bonds. The first-order valence-corrected chi connectivity index (χ1v) is 5.98. The van der Waals surface area contributed by atoms with Gasteiger partial charge < -0.3 is 10.0 Å². The molecule has 0 bridgehead atoms. The van der Waals surface area contributed by atoms with Crippen molar-refractivity contribution in [3.63, 3.8) is 0 Å². The van der Waals surface area contributed by atoms with Gasteiger partial charge in [0.1, 0.15) is 0 Å². The standard InChI is InChI=1S/C13H18BNO2/c1-2-12(13-6-4-3-5-7-13)8-11(10-15)9-14(16)17/h3-7,11-12,16-17H,2,8-9H2,1H3. The summed E-state index contributed by atoms with van der Waals surface area (Å²) in [7, 11) is -1.40. The zero-order chi connectivity index (χ0) is 12.7. The molecule has 1 aromatic carbocycles. The Bertz CT molecular complexity index is 361. The lowest BCUT2D eigenvalue weighted by atomic mass is 9.74. The van der Waals surface area contributed by atoms with E-state index in [-0.39, 0.29) is 12.2 Å². The molecule has 2 N–H and O–H groups in total. The van der Waals surface area contributed by atoms with Crippen molar-refractivity contribution < 1.29 is 10.0 Å². The lowest BCUT2D eigenvalue weighted by molar-refractivity contribution is 0.388. The molecule has 17 heavy (non-hydrogen) atoms. The molecule has 0 radical (unpaired) electrons. The van der Waals surface area contributed by atoms with Crippen molar-refractivity contribution in [2.24, 2.45) is 5.92 Å². The van der Waals surface area contributed by atoms with Crippen LogP contribution in [0.2, 0.25) is 6.32 Å². The molecule has 0 aromatic heterocycles. The Morgan fingerprint density at radius 3 is 2.41 bits per heavy atom. The number of hydrogen-bond acceptors (Lipinski definition) is 3. The first-order chi connectivity index (χ1) is 8.17. The van der Waals surface area contributed by atoms with E-state index in [2.05, 4.69) is 25.1 Å². The van der Waals surface area contributed by atoms with E-state index in [0.29, 0.717) is 12.3 Å². The van der Waals surface area contributed by atoms with Gasteiger partial charge in [0.2, 0.25) is 0 Å². The number of nitrogens with zero attached hydrogens (tertiary/aromatic N) is 1. The predicted octanol–water partition coefficient (Wildman–Crippen LogP) is 2.18. The molecule has 0 spiro atoms. The molecule has 1 rings (SSSR count). The van der Waals surface area contributed by atoms with E-state index in [1.54, 1.807) is 0 Å². The summed E-state index contributed by atoms with van der Waals surface area (Å²) < 4.78 is 0. The van der Waals surface area contributed by atoms with E-state index in [1.807, 2.05) is 18.2 Å². The van der Waals surface area contributed by atoms with Gasteiger partial charge in [-0.05, 0) is 30.6 Å². The molecule has 3 nitrogen and oxygen atoms in total. The first kappa shape index (κ1) is 13.8. The summed E-state index contributed by atoms with van der Waals surface area (Å²) in [6.07, 6.45) is 1.75. The maximum absolute atomic E-state index is 8.99. The van der Waals surface area contributed by atoms with E-state index in [1.165, 1.54) is 5.56 Å². The van der Waals surface area contributed by atoms with Crippen molar-refractivity contribution in [1.29, 1.82) is 5.26 Å². The van der Waals surface area contributed by atoms with Gasteiger partial charge in [0, 0.05) is 5.92 Å². The number of rotatable bonds is 6. The quantitative estimate of drug-likeness (QED) is 0.737. The van der Waals surface area contributed by atoms with Crippen molar-refractivity contribution >= 4 is 7.12 Å². The van der Waals surface area contributed by atoms with Crippen LogP contribution < -0.4 is 0 Å². The summed E-state index contributed by atoms with van der Waals surface area (Å²) in [4.78, 5) is 0. The van der Waals surface area contributed by atoms with Crippen LogP contribution in [0, 0.1) is 17.2 Å². The van der Waals surface area contributed by atoms with Crippen molar-refractivity contribution in [1.82, 2.24) is 0 Å². The summed E-state index contributed by atoms with van der Waals surface area (Å²) in [6.45, 7) is 2.08. The molecule has 0 heterocycles. The predicted molar refractivity (Wildman–Crippen MR) is 68.2 cm³/mol. The first-order valence-electron chi connectivity index (χ1n) is 5.98. The maximum atomic E-state index is 8.99. The van der Waals surface area contributed by atoms with Crippen LogP contribution in [0.15, 0.2) is 30.3 Å². The molecule has 2 unspecified atom stereocenters. The second kappa shape index (κ2) is 7.11. The minimum Gasteiger partial charge on any atom is -0.427 e. The molecule has 0 fully saturated rings. The fourth-order valence-corrected chi connectivity index (χ4v) is 2.06. The molecule has 1 aromatic rings. The lowest BCUT2D eigenvalue weighted by Gasteiger charge is -2.18. The highest BCUT2D eigenvalue weighted by molar-refractivity contribution is 6.41. The monoisotopic (exact) mass is 231 g/mol. The third-order valence-electron chi connectivity index (χ3n) is 3.01. The molecule has 90 valence electrons. The van der Waals surface area contributed by atoms with Crippen molar-refractivity contribution in [2.75, 3.05) is 0 Å². The average molecular weight is 231 g/mol. The highest BCUT2D eigenvalue weighted by Crippen LogP contribution is 2.28. The van der Waals surface area contributed by atoms with E-state index >= 15 is 0 Å². The fraction of sp³-hybridized carbons (Fsp3) is 0.462. The Balaban J connectivity index is 2.66. The fourth-order valence-electron chi connectivity index (χ4n) is 2.06. The molecule has 0 aliphatic rings. The van der Waals surface area contributed by atoms with Crippen LogP contribution in [-0.4, -0.2) is 17.2 Å². The van der Waals surface area contributed by atoms with E-state index in [4.69, 9.17) is 15.3 Å². The van der Waals surface area contributed by atoms with Crippen molar-refractivity contribution in [3.8, 4) is 6.07 Å². The van der Waals surface area contributed by atoms with Crippen LogP contribution in [0.4, 0.5) is 0 Å². The minimum atomic E-state index is -1.40. The lowest BCUT2D eigenvalue weighted by Crippen LogP contribution is -2.17. The largest absolute Gasteiger partial charge is 0.452 e. The number of benzene rings is 1. The van der Waals surface area contributed by atoms with Gasteiger partial charge in [0.15, 0.2) is 0 Å². The third kappa shape index (κ3) is 4.60. The van der Waals surface area contributed by atoms with E-state index in [9.17, 15) is 0 Å². The van der Waals surface area contributed by atoms with Crippen LogP contribution in [0.25, 0.3) is 0 Å². The molecule has 0 aliphatic heterocycles. The summed E-state index contributed by atoms with van der Waals surface area (Å²) in [5.41, 5.74) is 1.21. The summed E-state index contributed by atoms with van der Waals surface area (Å²) >= 11 is 0. The zero-order valence-corrected chi connectivity index (χ0v) is 10.1. The highest BCUT2D eigenvalue weighted by atomic mass is 16.4. The van der Waals surface area contributed by atoms with Gasteiger partial charge >= 0.3 is 7.12 Å². The number of nitriles is 1. The normalized spacial score (nSPS) is 13.8. The Hall–Kier alpha value is -1.31. The van der Waals surface area contributed by atoms with Crippen LogP contribution in [0.1, 0.15) is 31.2 Å². The van der Waals surface area contributed by atoms with Gasteiger partial charge in [-0.3, -0.25) is 0 Å². The van der Waals surface area contributed by atoms with Crippen molar-refractivity contribution in [3.05, 3.63) is 35.9 Å². The molecule has 2 atom stereocenters. The summed E-state index contributed by atoms with van der Waals surface area (Å²) in [6, 6.07) is 12.2. The Morgan fingerprint density at radius 1 is 1.29 bits per heavy atom. The van der Waals surface area contributed by atoms with Gasteiger partial charge in [-0.15, -0.1) is 0 Å². The van der Waals surface area contributed by atoms with Crippen LogP contribution in [0.5, 0.6) is 0 Å². The van der Waals surface area contributed by atoms with Gasteiger partial charge in [-0.25, -0.2) is 0 Å². The van der Waals surface area contributed by atoms with E-state index < -0.39 is 7.12 Å². The van der Waals surface area contributed by atoms with Crippen LogP contribution >= 0.6 is 0 Å². The van der Waals surface area contributed by atoms with Gasteiger partial charge in [0.25, 0.3) is 0 Å². The van der Waals surface area contributed by atoms with Crippen molar-refractivity contribution in [2.45, 2.75) is 32.0 Å². The topological polar surface area (TPSA) is 64.2 Å². The molecular weight excluding hydrogens is 213 g/mol. The van der Waals surface area contributed by atoms with E-state index in [0.717, 1.165) is 6.42 Å².